The quantitative estimate of drug-likeness (QED) is 0.561. The maximum Gasteiger partial charge on any atom is 0.460 e. The van der Waals surface area contributed by atoms with Crippen molar-refractivity contribution in [1.29, 1.82) is 0 Å². The van der Waals surface area contributed by atoms with Gasteiger partial charge in [-0.05, 0) is 0 Å². The van der Waals surface area contributed by atoms with Crippen molar-refractivity contribution in [2.75, 3.05) is 52.5 Å². The van der Waals surface area contributed by atoms with E-state index in [1.54, 1.807) is 0 Å². The van der Waals surface area contributed by atoms with E-state index in [1.807, 2.05) is 0 Å². The van der Waals surface area contributed by atoms with E-state index in [4.69, 9.17) is 4.74 Å². The average molecular weight is 351 g/mol. The van der Waals surface area contributed by atoms with Gasteiger partial charge in [-0.2, -0.15) is 30.7 Å². The first-order valence-corrected chi connectivity index (χ1v) is 6.97. The van der Waals surface area contributed by atoms with Gasteiger partial charge in [-0.25, -0.2) is 4.90 Å². The Kier molecular flexibility index (Phi) is 5.29. The third-order valence-corrected chi connectivity index (χ3v) is 3.69. The first-order valence-electron chi connectivity index (χ1n) is 6.97. The molecule has 2 saturated heterocycles. The smallest absolute Gasteiger partial charge is 0.378 e. The molecule has 0 atom stereocenters. The summed E-state index contributed by atoms with van der Waals surface area (Å²) in [4.78, 5) is 2.40. The normalized spacial score (nSPS) is 23.1. The van der Waals surface area contributed by atoms with Gasteiger partial charge in [0.15, 0.2) is 0 Å². The van der Waals surface area contributed by atoms with Crippen LogP contribution in [0.25, 0.3) is 0 Å². The molecule has 0 spiro atoms. The molecule has 0 amide bonds. The topological polar surface area (TPSA) is 19.0 Å². The Balaban J connectivity index is 2.19. The van der Waals surface area contributed by atoms with Gasteiger partial charge < -0.3 is 14.5 Å². The zero-order chi connectivity index (χ0) is 17.3. The lowest BCUT2D eigenvalue weighted by molar-refractivity contribution is -0.252. The number of rotatable bonds is 2. The number of alkyl halides is 6. The summed E-state index contributed by atoms with van der Waals surface area (Å²) in [5.41, 5.74) is 0. The van der Waals surface area contributed by atoms with Gasteiger partial charge in [0.25, 0.3) is 0 Å². The number of ether oxygens (including phenoxy) is 1. The van der Waals surface area contributed by atoms with Crippen molar-refractivity contribution in [3.8, 4) is 0 Å². The van der Waals surface area contributed by atoms with Crippen LogP contribution in [0.4, 0.5) is 30.7 Å². The molecular formula is C12H16F7N3O. The molecule has 2 aliphatic heterocycles. The maximum absolute atomic E-state index is 13.9. The summed E-state index contributed by atoms with van der Waals surface area (Å²) < 4.78 is 95.0. The molecule has 0 radical (unpaired) electrons. The van der Waals surface area contributed by atoms with Crippen molar-refractivity contribution in [2.24, 2.45) is 0 Å². The first kappa shape index (κ1) is 18.1. The molecule has 0 aromatic rings. The van der Waals surface area contributed by atoms with Crippen LogP contribution in [-0.4, -0.2) is 79.7 Å². The molecule has 0 N–H and O–H groups in total. The van der Waals surface area contributed by atoms with Crippen LogP contribution in [-0.2, 0) is 4.74 Å². The Bertz CT molecular complexity index is 435. The fourth-order valence-corrected chi connectivity index (χ4v) is 2.55. The number of halogens is 7. The van der Waals surface area contributed by atoms with Gasteiger partial charge >= 0.3 is 12.5 Å². The molecule has 2 heterocycles. The molecule has 0 bridgehead atoms. The molecule has 0 aliphatic carbocycles. The minimum atomic E-state index is -5.19. The van der Waals surface area contributed by atoms with Gasteiger partial charge in [-0.15, -0.1) is 0 Å². The molecule has 134 valence electrons. The van der Waals surface area contributed by atoms with E-state index in [-0.39, 0.29) is 44.3 Å². The highest BCUT2D eigenvalue weighted by Gasteiger charge is 2.44. The van der Waals surface area contributed by atoms with Gasteiger partial charge in [-0.3, -0.25) is 0 Å². The van der Waals surface area contributed by atoms with Crippen LogP contribution in [0.3, 0.4) is 0 Å². The summed E-state index contributed by atoms with van der Waals surface area (Å²) in [6.07, 6.45) is -9.73. The van der Waals surface area contributed by atoms with Crippen molar-refractivity contribution in [2.45, 2.75) is 12.5 Å². The Morgan fingerprint density at radius 2 is 1.22 bits per heavy atom. The van der Waals surface area contributed by atoms with E-state index in [0.717, 1.165) is 4.90 Å². The van der Waals surface area contributed by atoms with E-state index < -0.39 is 37.2 Å². The Labute approximate surface area is 128 Å². The van der Waals surface area contributed by atoms with Gasteiger partial charge in [-0.1, -0.05) is 0 Å². The number of hydrogen-bond acceptors (Lipinski definition) is 4. The van der Waals surface area contributed by atoms with Crippen LogP contribution in [0.2, 0.25) is 0 Å². The monoisotopic (exact) mass is 351 g/mol. The van der Waals surface area contributed by atoms with Gasteiger partial charge in [0.2, 0.25) is 5.83 Å². The second kappa shape index (κ2) is 6.71. The van der Waals surface area contributed by atoms with Gasteiger partial charge in [0.05, 0.1) is 13.2 Å². The van der Waals surface area contributed by atoms with Crippen LogP contribution < -0.4 is 0 Å². The summed E-state index contributed by atoms with van der Waals surface area (Å²) in [6, 6.07) is 0. The lowest BCUT2D eigenvalue weighted by Crippen LogP contribution is -2.54. The Hall–Kier alpha value is -1.23. The summed E-state index contributed by atoms with van der Waals surface area (Å²) in [5, 5.41) is 0. The van der Waals surface area contributed by atoms with Gasteiger partial charge in [0.1, 0.15) is 5.82 Å². The van der Waals surface area contributed by atoms with Crippen molar-refractivity contribution >= 4 is 0 Å². The highest BCUT2D eigenvalue weighted by molar-refractivity contribution is 5.12. The predicted molar refractivity (Wildman–Crippen MR) is 65.8 cm³/mol. The molecule has 0 aromatic carbocycles. The zero-order valence-corrected chi connectivity index (χ0v) is 12.1. The first-order chi connectivity index (χ1) is 10.6. The second-order valence-corrected chi connectivity index (χ2v) is 5.18. The summed E-state index contributed by atoms with van der Waals surface area (Å²) in [7, 11) is 0. The molecule has 0 saturated carbocycles. The fraction of sp³-hybridized carbons (Fsp3) is 0.833. The van der Waals surface area contributed by atoms with Crippen LogP contribution in [0.15, 0.2) is 11.6 Å². The zero-order valence-electron chi connectivity index (χ0n) is 12.1. The second-order valence-electron chi connectivity index (χ2n) is 5.18. The van der Waals surface area contributed by atoms with Crippen molar-refractivity contribution in [3.05, 3.63) is 11.6 Å². The minimum Gasteiger partial charge on any atom is -0.378 e. The third kappa shape index (κ3) is 4.40. The molecule has 2 fully saturated rings. The number of hydrogen-bond donors (Lipinski definition) is 0. The van der Waals surface area contributed by atoms with E-state index in [9.17, 15) is 30.7 Å². The molecule has 2 aliphatic rings. The Morgan fingerprint density at radius 1 is 0.739 bits per heavy atom. The fourth-order valence-electron chi connectivity index (χ4n) is 2.55. The highest BCUT2D eigenvalue weighted by atomic mass is 19.4. The molecule has 0 unspecified atom stereocenters. The summed E-state index contributed by atoms with van der Waals surface area (Å²) in [5.74, 6) is -2.97. The standard InChI is InChI=1S/C12H16F7N3O/c13-9(11(14,15)16)10(21-5-7-23-8-6-21)20-1-3-22(4-2-20)12(17,18)19/h1-8H2/b10-9+. The Morgan fingerprint density at radius 3 is 1.65 bits per heavy atom. The lowest BCUT2D eigenvalue weighted by atomic mass is 10.2. The van der Waals surface area contributed by atoms with E-state index in [2.05, 4.69) is 0 Å². The third-order valence-electron chi connectivity index (χ3n) is 3.69. The van der Waals surface area contributed by atoms with Crippen molar-refractivity contribution < 1.29 is 35.5 Å². The molecule has 4 nitrogen and oxygen atoms in total. The van der Waals surface area contributed by atoms with E-state index in [1.165, 1.54) is 4.90 Å². The number of allylic oxidation sites excluding steroid dienone is 1. The number of nitrogens with zero attached hydrogens (tertiary/aromatic N) is 3. The molecule has 23 heavy (non-hydrogen) atoms. The summed E-state index contributed by atoms with van der Waals surface area (Å²) >= 11 is 0. The molecule has 11 heteroatoms. The molecule has 2 rings (SSSR count). The minimum absolute atomic E-state index is 0.0539. The van der Waals surface area contributed by atoms with Crippen molar-refractivity contribution in [3.63, 3.8) is 0 Å². The largest absolute Gasteiger partial charge is 0.460 e. The van der Waals surface area contributed by atoms with Crippen molar-refractivity contribution in [1.82, 2.24) is 14.7 Å². The maximum atomic E-state index is 13.9. The predicted octanol–water partition coefficient (Wildman–Crippen LogP) is 2.16. The van der Waals surface area contributed by atoms with E-state index in [0.29, 0.717) is 0 Å². The van der Waals surface area contributed by atoms with Crippen LogP contribution >= 0.6 is 0 Å². The molecule has 0 aromatic heterocycles. The number of morpholine rings is 1. The van der Waals surface area contributed by atoms with Gasteiger partial charge in [0, 0.05) is 39.3 Å². The van der Waals surface area contributed by atoms with Crippen LogP contribution in [0, 0.1) is 0 Å². The number of piperazine rings is 1. The highest BCUT2D eigenvalue weighted by Crippen LogP contribution is 2.33. The average Bonchev–Trinajstić information content (AvgIpc) is 2.47. The SMILES string of the molecule is F/C(=C(/N1CCOCC1)N1CCN(C(F)(F)F)CC1)C(F)(F)F. The van der Waals surface area contributed by atoms with Crippen LogP contribution in [0.1, 0.15) is 0 Å². The van der Waals surface area contributed by atoms with Crippen LogP contribution in [0.5, 0.6) is 0 Å². The lowest BCUT2D eigenvalue weighted by Gasteiger charge is -2.42. The molecular weight excluding hydrogens is 335 g/mol. The van der Waals surface area contributed by atoms with E-state index >= 15 is 0 Å². The summed E-state index contributed by atoms with van der Waals surface area (Å²) in [6.45, 7) is -1.32.